The van der Waals surface area contributed by atoms with Crippen LogP contribution < -0.4 is 5.46 Å². The van der Waals surface area contributed by atoms with Gasteiger partial charge in [0, 0.05) is 12.3 Å². The average Bonchev–Trinajstić information content (AvgIpc) is 2.26. The molecule has 2 nitrogen and oxygen atoms in total. The Morgan fingerprint density at radius 1 is 1.18 bits per heavy atom. The normalized spacial score (nSPS) is 25.2. The molecular weight excluding hydrogens is 272 g/mol. The van der Waals surface area contributed by atoms with Gasteiger partial charge in [0.2, 0.25) is 0 Å². The highest BCUT2D eigenvalue weighted by Crippen LogP contribution is 2.62. The first-order chi connectivity index (χ1) is 7.75. The van der Waals surface area contributed by atoms with Crippen LogP contribution in [0.2, 0.25) is 0 Å². The van der Waals surface area contributed by atoms with Gasteiger partial charge in [-0.1, -0.05) is 47.5 Å². The number of hydrogen-bond acceptors (Lipinski definition) is 2. The Hall–Kier alpha value is -0.355. The topological polar surface area (TPSA) is 40.5 Å². The van der Waals surface area contributed by atoms with E-state index in [4.69, 9.17) is 33.2 Å². The molecule has 0 saturated heterocycles. The third-order valence-electron chi connectivity index (χ3n) is 3.02. The zero-order chi connectivity index (χ0) is 12.8. The van der Waals surface area contributed by atoms with Crippen LogP contribution in [0, 0.1) is 0 Å². The largest absolute Gasteiger partial charge is 0.488 e. The summed E-state index contributed by atoms with van der Waals surface area (Å²) in [5.41, 5.74) is 0.847. The fraction of sp³-hybridized carbons (Fsp3) is 0.400. The summed E-state index contributed by atoms with van der Waals surface area (Å²) in [6, 6.07) is 5.93. The van der Waals surface area contributed by atoms with E-state index in [0.717, 1.165) is 0 Å². The van der Waals surface area contributed by atoms with Crippen molar-refractivity contribution >= 4 is 35.8 Å². The molecular formula is C10H9BCl2F2O2. The lowest BCUT2D eigenvalue weighted by Crippen LogP contribution is -2.55. The Morgan fingerprint density at radius 3 is 2.06 bits per heavy atom. The van der Waals surface area contributed by atoms with Gasteiger partial charge in [0.15, 0.2) is 4.33 Å². The molecule has 2 N–H and O–H groups in total. The molecule has 0 bridgehead atoms. The van der Waals surface area contributed by atoms with E-state index in [1.165, 1.54) is 24.3 Å². The van der Waals surface area contributed by atoms with E-state index in [0.29, 0.717) is 5.56 Å². The van der Waals surface area contributed by atoms with Gasteiger partial charge in [0.1, 0.15) is 0 Å². The first-order valence-electron chi connectivity index (χ1n) is 4.97. The predicted octanol–water partition coefficient (Wildman–Crippen LogP) is 1.66. The summed E-state index contributed by atoms with van der Waals surface area (Å²) in [5.74, 6) is -3.73. The fourth-order valence-electron chi connectivity index (χ4n) is 1.87. The zero-order valence-electron chi connectivity index (χ0n) is 8.58. The quantitative estimate of drug-likeness (QED) is 0.639. The third-order valence-corrected chi connectivity index (χ3v) is 4.10. The highest BCUT2D eigenvalue weighted by molar-refractivity contribution is 6.58. The van der Waals surface area contributed by atoms with E-state index in [9.17, 15) is 8.78 Å². The van der Waals surface area contributed by atoms with Gasteiger partial charge in [-0.3, -0.25) is 0 Å². The van der Waals surface area contributed by atoms with Crippen LogP contribution in [-0.2, 0) is 0 Å². The molecule has 0 radical (unpaired) electrons. The molecule has 0 amide bonds. The Balaban J connectivity index is 2.21. The van der Waals surface area contributed by atoms with E-state index in [2.05, 4.69) is 0 Å². The number of halogens is 4. The minimum atomic E-state index is -3.09. The molecule has 0 aliphatic heterocycles. The maximum Gasteiger partial charge on any atom is 0.488 e. The summed E-state index contributed by atoms with van der Waals surface area (Å²) in [5, 5.41) is 17.8. The zero-order valence-corrected chi connectivity index (χ0v) is 10.1. The minimum Gasteiger partial charge on any atom is -0.423 e. The molecule has 0 spiro atoms. The van der Waals surface area contributed by atoms with Crippen LogP contribution in [0.4, 0.5) is 8.78 Å². The molecule has 0 unspecified atom stereocenters. The molecule has 1 aromatic carbocycles. The summed E-state index contributed by atoms with van der Waals surface area (Å²) in [4.78, 5) is 0. The molecule has 92 valence electrons. The highest BCUT2D eigenvalue weighted by Gasteiger charge is 2.67. The Bertz CT molecular complexity index is 423. The Kier molecular flexibility index (Phi) is 3.15. The van der Waals surface area contributed by atoms with E-state index < -0.39 is 29.7 Å². The van der Waals surface area contributed by atoms with Crippen LogP contribution >= 0.6 is 23.2 Å². The molecule has 0 aromatic heterocycles. The molecule has 1 aliphatic carbocycles. The summed E-state index contributed by atoms with van der Waals surface area (Å²) in [6.45, 7) is 0. The van der Waals surface area contributed by atoms with Gasteiger partial charge in [0.05, 0.1) is 0 Å². The van der Waals surface area contributed by atoms with Crippen LogP contribution in [0.1, 0.15) is 17.9 Å². The lowest BCUT2D eigenvalue weighted by atomic mass is 9.73. The van der Waals surface area contributed by atoms with E-state index >= 15 is 0 Å². The van der Waals surface area contributed by atoms with Crippen molar-refractivity contribution in [3.05, 3.63) is 29.8 Å². The van der Waals surface area contributed by atoms with Crippen molar-refractivity contribution in [1.29, 1.82) is 0 Å². The van der Waals surface area contributed by atoms with Crippen LogP contribution in [0.15, 0.2) is 24.3 Å². The van der Waals surface area contributed by atoms with Crippen LogP contribution in [-0.4, -0.2) is 27.4 Å². The fourth-order valence-corrected chi connectivity index (χ4v) is 2.43. The molecule has 0 heterocycles. The predicted molar refractivity (Wildman–Crippen MR) is 63.0 cm³/mol. The van der Waals surface area contributed by atoms with Gasteiger partial charge < -0.3 is 10.0 Å². The molecule has 2 rings (SSSR count). The van der Waals surface area contributed by atoms with Gasteiger partial charge in [-0.2, -0.15) is 0 Å². The van der Waals surface area contributed by atoms with Crippen LogP contribution in [0.5, 0.6) is 0 Å². The van der Waals surface area contributed by atoms with Gasteiger partial charge in [-0.05, 0) is 11.0 Å². The number of rotatable bonds is 2. The van der Waals surface area contributed by atoms with Gasteiger partial charge in [-0.25, -0.2) is 8.78 Å². The second-order valence-electron chi connectivity index (χ2n) is 4.12. The van der Waals surface area contributed by atoms with Crippen molar-refractivity contribution in [3.8, 4) is 0 Å². The summed E-state index contributed by atoms with van der Waals surface area (Å²) in [7, 11) is -1.58. The lowest BCUT2D eigenvalue weighted by molar-refractivity contribution is -0.0980. The molecule has 7 heteroatoms. The number of alkyl halides is 4. The van der Waals surface area contributed by atoms with Crippen molar-refractivity contribution in [2.45, 2.75) is 22.6 Å². The molecule has 1 aromatic rings. The maximum atomic E-state index is 13.1. The Morgan fingerprint density at radius 2 is 1.71 bits per heavy atom. The SMILES string of the molecule is OB(O)c1ccc([C@@H]2CC(F)(F)C2(Cl)Cl)cc1. The summed E-state index contributed by atoms with van der Waals surface area (Å²) >= 11 is 11.2. The summed E-state index contributed by atoms with van der Waals surface area (Å²) < 4.78 is 24.1. The molecule has 1 atom stereocenters. The van der Waals surface area contributed by atoms with Crippen molar-refractivity contribution in [3.63, 3.8) is 0 Å². The molecule has 1 fully saturated rings. The van der Waals surface area contributed by atoms with E-state index in [-0.39, 0.29) is 5.46 Å². The smallest absolute Gasteiger partial charge is 0.423 e. The van der Waals surface area contributed by atoms with Gasteiger partial charge in [-0.15, -0.1) is 0 Å². The lowest BCUT2D eigenvalue weighted by Gasteiger charge is -2.47. The van der Waals surface area contributed by atoms with Crippen LogP contribution in [0.3, 0.4) is 0 Å². The highest BCUT2D eigenvalue weighted by atomic mass is 35.5. The minimum absolute atomic E-state index is 0.287. The summed E-state index contributed by atoms with van der Waals surface area (Å²) in [6.07, 6.45) is -0.402. The molecule has 1 aliphatic rings. The molecule has 1 saturated carbocycles. The van der Waals surface area contributed by atoms with Crippen molar-refractivity contribution < 1.29 is 18.8 Å². The number of benzene rings is 1. The van der Waals surface area contributed by atoms with Crippen molar-refractivity contribution in [1.82, 2.24) is 0 Å². The van der Waals surface area contributed by atoms with Crippen LogP contribution in [0.25, 0.3) is 0 Å². The van der Waals surface area contributed by atoms with Crippen molar-refractivity contribution in [2.24, 2.45) is 0 Å². The Labute approximate surface area is 107 Å². The first kappa shape index (κ1) is 13.1. The van der Waals surface area contributed by atoms with Gasteiger partial charge in [0.25, 0.3) is 5.92 Å². The van der Waals surface area contributed by atoms with E-state index in [1.54, 1.807) is 0 Å². The third kappa shape index (κ3) is 2.06. The number of hydrogen-bond donors (Lipinski definition) is 2. The van der Waals surface area contributed by atoms with Crippen molar-refractivity contribution in [2.75, 3.05) is 0 Å². The second-order valence-corrected chi connectivity index (χ2v) is 5.51. The second kappa shape index (κ2) is 4.09. The first-order valence-corrected chi connectivity index (χ1v) is 5.73. The monoisotopic (exact) mass is 280 g/mol. The molecule has 17 heavy (non-hydrogen) atoms. The maximum absolute atomic E-state index is 13.1. The van der Waals surface area contributed by atoms with E-state index in [1.807, 2.05) is 0 Å². The average molecular weight is 281 g/mol. The van der Waals surface area contributed by atoms with Gasteiger partial charge >= 0.3 is 7.12 Å². The standard InChI is InChI=1S/C10H9BCl2F2O2/c12-10(13)8(5-9(10,14)15)6-1-3-7(4-2-6)11(16)17/h1-4,8,16-17H,5H2/t8-/m0/s1.